The van der Waals surface area contributed by atoms with Crippen LogP contribution in [0.25, 0.3) is 11.1 Å². The number of hydrogen-bond donors (Lipinski definition) is 0. The van der Waals surface area contributed by atoms with E-state index in [4.69, 9.17) is 6.42 Å². The number of allylic oxidation sites excluding steroid dienone is 2. The monoisotopic (exact) mass is 616 g/mol. The predicted molar refractivity (Wildman–Crippen MR) is 168 cm³/mol. The summed E-state index contributed by atoms with van der Waals surface area (Å²) in [6.45, 7) is 17.9. The predicted octanol–water partition coefficient (Wildman–Crippen LogP) is 10.3. The van der Waals surface area contributed by atoms with Crippen LogP contribution in [-0.4, -0.2) is 10.7 Å². The van der Waals surface area contributed by atoms with Gasteiger partial charge in [-0.25, -0.2) is 0 Å². The largest absolute Gasteiger partial charge is 2.00 e. The van der Waals surface area contributed by atoms with E-state index < -0.39 is 0 Å². The summed E-state index contributed by atoms with van der Waals surface area (Å²) in [5.41, 5.74) is 17.4. The van der Waals surface area contributed by atoms with Gasteiger partial charge in [0.05, 0.1) is 5.57 Å². The first-order valence-electron chi connectivity index (χ1n) is 14.4. The third-order valence-electron chi connectivity index (χ3n) is 6.20. The van der Waals surface area contributed by atoms with E-state index in [0.29, 0.717) is 6.42 Å². The maximum absolute atomic E-state index is 9.27. The van der Waals surface area contributed by atoms with Gasteiger partial charge >= 0.3 is 26.3 Å². The van der Waals surface area contributed by atoms with Gasteiger partial charge in [0.2, 0.25) is 0 Å². The summed E-state index contributed by atoms with van der Waals surface area (Å²) in [6, 6.07) is 17.2. The molecule has 0 saturated carbocycles. The second kappa shape index (κ2) is 25.8. The van der Waals surface area contributed by atoms with Crippen molar-refractivity contribution in [1.82, 2.24) is 0 Å². The van der Waals surface area contributed by atoms with Crippen molar-refractivity contribution >= 4 is 11.4 Å². The third kappa shape index (κ3) is 15.7. The Morgan fingerprint density at radius 2 is 1.56 bits per heavy atom. The van der Waals surface area contributed by atoms with Crippen LogP contribution in [0.1, 0.15) is 115 Å². The van der Waals surface area contributed by atoms with E-state index in [2.05, 4.69) is 114 Å². The molecule has 2 aromatic carbocycles. The van der Waals surface area contributed by atoms with Crippen LogP contribution in [0.2, 0.25) is 0 Å². The summed E-state index contributed by atoms with van der Waals surface area (Å²) >= 11 is 0. The van der Waals surface area contributed by atoms with Crippen molar-refractivity contribution < 1.29 is 25.2 Å². The minimum Gasteiger partial charge on any atom is -0.348 e. The van der Waals surface area contributed by atoms with E-state index in [9.17, 15) is 5.53 Å². The number of terminal acetylenes is 1. The van der Waals surface area contributed by atoms with E-state index in [-0.39, 0.29) is 20.4 Å². The van der Waals surface area contributed by atoms with Crippen LogP contribution in [0.4, 0.5) is 0 Å². The van der Waals surface area contributed by atoms with Gasteiger partial charge in [-0.2, -0.15) is 12.8 Å². The van der Waals surface area contributed by atoms with E-state index in [1.54, 1.807) is 0 Å². The topological polar surface area (TPSA) is 36.4 Å². The first kappa shape index (κ1) is 38.7. The molecule has 0 N–H and O–H groups in total. The molecule has 0 atom stereocenters. The van der Waals surface area contributed by atoms with Gasteiger partial charge < -0.3 is 19.4 Å². The van der Waals surface area contributed by atoms with Gasteiger partial charge in [0, 0.05) is 6.42 Å². The zero-order valence-electron chi connectivity index (χ0n) is 25.1. The molecule has 0 fully saturated rings. The Hall–Kier alpha value is -2.44. The van der Waals surface area contributed by atoms with Crippen molar-refractivity contribution in [2.45, 2.75) is 105 Å². The molecule has 0 spiro atoms. The van der Waals surface area contributed by atoms with Crippen LogP contribution in [0.5, 0.6) is 0 Å². The van der Waals surface area contributed by atoms with E-state index >= 15 is 0 Å². The number of unbranched alkanes of at least 4 members (excludes halogenated alkanes) is 4. The summed E-state index contributed by atoms with van der Waals surface area (Å²) in [5, 5.41) is 0. The molecular formula is C36H50N2Pd. The van der Waals surface area contributed by atoms with Crippen LogP contribution < -0.4 is 0 Å². The minimum atomic E-state index is 0. The van der Waals surface area contributed by atoms with E-state index in [1.165, 1.54) is 40.7 Å². The fourth-order valence-corrected chi connectivity index (χ4v) is 3.80. The maximum Gasteiger partial charge on any atom is 2.00 e. The molecule has 0 aromatic heterocycles. The zero-order chi connectivity index (χ0) is 28.6. The van der Waals surface area contributed by atoms with Crippen LogP contribution >= 0.6 is 0 Å². The summed E-state index contributed by atoms with van der Waals surface area (Å²) in [6.07, 6.45) is 16.8. The number of hydrogen-bond acceptors (Lipinski definition) is 0. The molecule has 2 nitrogen and oxygen atoms in total. The molecule has 0 amide bonds. The quantitative estimate of drug-likeness (QED) is 0.0332. The van der Waals surface area contributed by atoms with Crippen LogP contribution in [0.15, 0.2) is 59.7 Å². The van der Waals surface area contributed by atoms with Gasteiger partial charge in [-0.05, 0) is 66.0 Å². The second-order valence-corrected chi connectivity index (χ2v) is 9.27. The molecule has 0 bridgehead atoms. The van der Waals surface area contributed by atoms with Crippen molar-refractivity contribution in [1.29, 1.82) is 0 Å². The Morgan fingerprint density at radius 1 is 0.923 bits per heavy atom. The first-order valence-corrected chi connectivity index (χ1v) is 14.4. The molecule has 0 unspecified atom stereocenters. The minimum absolute atomic E-state index is 0. The molecule has 2 rings (SSSR count). The Kier molecular flexibility index (Phi) is 25.6. The van der Waals surface area contributed by atoms with Crippen LogP contribution in [0, 0.1) is 26.2 Å². The van der Waals surface area contributed by atoms with Gasteiger partial charge in [-0.3, -0.25) is 0 Å². The third-order valence-corrected chi connectivity index (χ3v) is 6.20. The molecule has 0 aliphatic carbocycles. The molecule has 0 radical (unpaired) electrons. The van der Waals surface area contributed by atoms with Crippen molar-refractivity contribution in [3.8, 4) is 12.3 Å². The molecular weight excluding hydrogens is 567 g/mol. The van der Waals surface area contributed by atoms with Crippen molar-refractivity contribution in [3.05, 3.63) is 101 Å². The summed E-state index contributed by atoms with van der Waals surface area (Å²) in [7, 11) is 0. The first-order chi connectivity index (χ1) is 18.5. The Bertz CT molecular complexity index is 1070. The standard InChI is InChI=1S/C28H32N2.2C4H9.Pd/c1-5-8-10-17-26(21-30-29)22(4)28(25-18-13-14-23(7-3)20-25)27-19-12-11-16-24(27)15-9-6-2;2*1-3-4-2;/h2,11-14,16,18-20H,5,7-10,15,17H2,1,3-4H3;2*1,3-4H2,2H3;/q;2*-1;+2. The Labute approximate surface area is 254 Å². The van der Waals surface area contributed by atoms with E-state index in [0.717, 1.165) is 62.5 Å². The van der Waals surface area contributed by atoms with Crippen molar-refractivity contribution in [2.24, 2.45) is 0 Å². The molecule has 0 aliphatic rings. The van der Waals surface area contributed by atoms with Crippen molar-refractivity contribution in [2.75, 3.05) is 0 Å². The van der Waals surface area contributed by atoms with Crippen LogP contribution in [-0.2, 0) is 33.3 Å². The number of aryl methyl sites for hydroxylation is 2. The second-order valence-electron chi connectivity index (χ2n) is 9.27. The summed E-state index contributed by atoms with van der Waals surface area (Å²) in [5.74, 6) is 5.62. The Balaban J connectivity index is 0. The fourth-order valence-electron chi connectivity index (χ4n) is 3.80. The summed E-state index contributed by atoms with van der Waals surface area (Å²) in [4.78, 5) is 3.26. The van der Waals surface area contributed by atoms with Gasteiger partial charge in [0.25, 0.3) is 0 Å². The molecule has 0 saturated heterocycles. The summed E-state index contributed by atoms with van der Waals surface area (Å²) < 4.78 is 0. The fraction of sp³-hybridized carbons (Fsp3) is 0.444. The van der Waals surface area contributed by atoms with Gasteiger partial charge in [-0.15, -0.1) is 17.1 Å². The molecule has 3 heteroatoms. The molecule has 0 aliphatic heterocycles. The number of benzene rings is 2. The molecule has 0 heterocycles. The molecule has 2 aromatic rings. The SMILES string of the molecule is C#CCCc1ccccc1C(=C(C)C(=C=[N+]=[N-])CCCCC)c1cccc(CC)c1.[CH2-]CCC.[CH2-]CCC.[Pd+2]. The maximum atomic E-state index is 9.27. The van der Waals surface area contributed by atoms with Gasteiger partial charge in [0.15, 0.2) is 0 Å². The molecule has 39 heavy (non-hydrogen) atoms. The Morgan fingerprint density at radius 3 is 2.10 bits per heavy atom. The zero-order valence-corrected chi connectivity index (χ0v) is 26.7. The average Bonchev–Trinajstić information content (AvgIpc) is 2.96. The van der Waals surface area contributed by atoms with Crippen LogP contribution in [0.3, 0.4) is 0 Å². The van der Waals surface area contributed by atoms with E-state index in [1.807, 2.05) is 0 Å². The number of nitrogens with zero attached hydrogens (tertiary/aromatic N) is 2. The number of rotatable bonds is 12. The average molecular weight is 617 g/mol. The smallest absolute Gasteiger partial charge is 0.348 e. The normalized spacial score (nSPS) is 10.1. The molecule has 214 valence electrons. The van der Waals surface area contributed by atoms with Gasteiger partial charge in [0.1, 0.15) is 0 Å². The van der Waals surface area contributed by atoms with Crippen molar-refractivity contribution in [3.63, 3.8) is 0 Å². The van der Waals surface area contributed by atoms with Gasteiger partial charge in [-0.1, -0.05) is 102 Å².